The highest BCUT2D eigenvalue weighted by molar-refractivity contribution is 4.89. The van der Waals surface area contributed by atoms with Crippen molar-refractivity contribution in [1.82, 2.24) is 10.2 Å². The van der Waals surface area contributed by atoms with Crippen LogP contribution in [0.3, 0.4) is 0 Å². The Labute approximate surface area is 106 Å². The molecule has 0 aromatic carbocycles. The standard InChI is InChI=1S/C14H28N2O/c1-4-17-14-9-13(10-14)16-7-5-11(2)15-12(3)6-8-16/h11-15H,4-10H2,1-3H3. The molecule has 1 aliphatic carbocycles. The summed E-state index contributed by atoms with van der Waals surface area (Å²) in [5.74, 6) is 0. The molecule has 2 atom stereocenters. The number of hydrogen-bond donors (Lipinski definition) is 1. The van der Waals surface area contributed by atoms with Gasteiger partial charge in [0.25, 0.3) is 0 Å². The molecule has 0 aromatic heterocycles. The molecule has 1 heterocycles. The second-order valence-electron chi connectivity index (χ2n) is 5.78. The fraction of sp³-hybridized carbons (Fsp3) is 1.00. The second-order valence-corrected chi connectivity index (χ2v) is 5.78. The lowest BCUT2D eigenvalue weighted by Crippen LogP contribution is -2.52. The lowest BCUT2D eigenvalue weighted by Gasteiger charge is -2.44. The van der Waals surface area contributed by atoms with Crippen LogP contribution in [0.15, 0.2) is 0 Å². The minimum absolute atomic E-state index is 0.545. The summed E-state index contributed by atoms with van der Waals surface area (Å²) in [6.45, 7) is 10.1. The summed E-state index contributed by atoms with van der Waals surface area (Å²) in [5.41, 5.74) is 0. The van der Waals surface area contributed by atoms with Gasteiger partial charge in [-0.05, 0) is 59.5 Å². The smallest absolute Gasteiger partial charge is 0.0604 e. The van der Waals surface area contributed by atoms with Gasteiger partial charge < -0.3 is 15.0 Å². The van der Waals surface area contributed by atoms with Crippen LogP contribution >= 0.6 is 0 Å². The molecule has 0 bridgehead atoms. The van der Waals surface area contributed by atoms with Gasteiger partial charge in [-0.2, -0.15) is 0 Å². The first-order valence-corrected chi connectivity index (χ1v) is 7.30. The molecule has 100 valence electrons. The van der Waals surface area contributed by atoms with E-state index in [0.717, 1.165) is 12.6 Å². The van der Waals surface area contributed by atoms with Crippen molar-refractivity contribution in [3.05, 3.63) is 0 Å². The molecular formula is C14H28N2O. The maximum atomic E-state index is 5.66. The lowest BCUT2D eigenvalue weighted by molar-refractivity contribution is -0.0488. The van der Waals surface area contributed by atoms with E-state index in [4.69, 9.17) is 4.74 Å². The van der Waals surface area contributed by atoms with Gasteiger partial charge in [0.2, 0.25) is 0 Å². The van der Waals surface area contributed by atoms with E-state index >= 15 is 0 Å². The number of nitrogens with one attached hydrogen (secondary N) is 1. The molecule has 3 nitrogen and oxygen atoms in total. The van der Waals surface area contributed by atoms with Crippen LogP contribution in [0, 0.1) is 0 Å². The van der Waals surface area contributed by atoms with Crippen molar-refractivity contribution in [2.45, 2.75) is 70.7 Å². The zero-order valence-corrected chi connectivity index (χ0v) is 11.6. The largest absolute Gasteiger partial charge is 0.378 e. The van der Waals surface area contributed by atoms with E-state index in [2.05, 4.69) is 31.0 Å². The average molecular weight is 240 g/mol. The molecule has 2 unspecified atom stereocenters. The Morgan fingerprint density at radius 2 is 1.71 bits per heavy atom. The molecule has 3 heteroatoms. The van der Waals surface area contributed by atoms with E-state index in [9.17, 15) is 0 Å². The summed E-state index contributed by atoms with van der Waals surface area (Å²) >= 11 is 0. The lowest BCUT2D eigenvalue weighted by atomic mass is 9.87. The maximum Gasteiger partial charge on any atom is 0.0604 e. The molecule has 1 N–H and O–H groups in total. The van der Waals surface area contributed by atoms with Crippen molar-refractivity contribution in [1.29, 1.82) is 0 Å². The SMILES string of the molecule is CCOC1CC(N2CCC(C)NC(C)CC2)C1. The van der Waals surface area contributed by atoms with E-state index < -0.39 is 0 Å². The Hall–Kier alpha value is -0.120. The molecule has 2 aliphatic rings. The number of ether oxygens (including phenoxy) is 1. The van der Waals surface area contributed by atoms with Crippen molar-refractivity contribution in [2.75, 3.05) is 19.7 Å². The molecule has 0 radical (unpaired) electrons. The first-order chi connectivity index (χ1) is 8.19. The Bertz CT molecular complexity index is 216. The topological polar surface area (TPSA) is 24.5 Å². The number of hydrogen-bond acceptors (Lipinski definition) is 3. The normalized spacial score (nSPS) is 40.4. The minimum Gasteiger partial charge on any atom is -0.378 e. The predicted octanol–water partition coefficient (Wildman–Crippen LogP) is 2.02. The van der Waals surface area contributed by atoms with Crippen LogP contribution < -0.4 is 5.32 Å². The van der Waals surface area contributed by atoms with Crippen LogP contribution in [-0.4, -0.2) is 48.8 Å². The maximum absolute atomic E-state index is 5.66. The highest BCUT2D eigenvalue weighted by atomic mass is 16.5. The first kappa shape index (κ1) is 13.3. The van der Waals surface area contributed by atoms with Gasteiger partial charge in [-0.15, -0.1) is 0 Å². The summed E-state index contributed by atoms with van der Waals surface area (Å²) in [5, 5.41) is 3.65. The Kier molecular flexibility index (Phi) is 4.83. The van der Waals surface area contributed by atoms with Gasteiger partial charge in [-0.3, -0.25) is 0 Å². The molecule has 2 fully saturated rings. The first-order valence-electron chi connectivity index (χ1n) is 7.30. The minimum atomic E-state index is 0.545. The number of rotatable bonds is 3. The summed E-state index contributed by atoms with van der Waals surface area (Å²) in [4.78, 5) is 2.70. The Morgan fingerprint density at radius 3 is 2.24 bits per heavy atom. The van der Waals surface area contributed by atoms with Gasteiger partial charge in [-0.1, -0.05) is 0 Å². The molecule has 0 amide bonds. The fourth-order valence-electron chi connectivity index (χ4n) is 3.06. The number of nitrogens with zero attached hydrogens (tertiary/aromatic N) is 1. The summed E-state index contributed by atoms with van der Waals surface area (Å²) in [6.07, 6.45) is 5.61. The third kappa shape index (κ3) is 3.67. The van der Waals surface area contributed by atoms with Crippen LogP contribution in [0.2, 0.25) is 0 Å². The van der Waals surface area contributed by atoms with Crippen LogP contribution in [0.25, 0.3) is 0 Å². The average Bonchev–Trinajstić information content (AvgIpc) is 2.22. The van der Waals surface area contributed by atoms with Crippen molar-refractivity contribution in [3.8, 4) is 0 Å². The van der Waals surface area contributed by atoms with Gasteiger partial charge in [0, 0.05) is 24.7 Å². The van der Waals surface area contributed by atoms with E-state index in [1.54, 1.807) is 0 Å². The molecule has 0 aromatic rings. The zero-order chi connectivity index (χ0) is 12.3. The highest BCUT2D eigenvalue weighted by Gasteiger charge is 2.34. The second kappa shape index (κ2) is 6.17. The van der Waals surface area contributed by atoms with Gasteiger partial charge in [0.05, 0.1) is 6.10 Å². The molecule has 2 rings (SSSR count). The van der Waals surface area contributed by atoms with Gasteiger partial charge >= 0.3 is 0 Å². The van der Waals surface area contributed by atoms with Gasteiger partial charge in [0.1, 0.15) is 0 Å². The van der Waals surface area contributed by atoms with E-state index in [1.165, 1.54) is 38.8 Å². The van der Waals surface area contributed by atoms with E-state index in [-0.39, 0.29) is 0 Å². The molecular weight excluding hydrogens is 212 g/mol. The van der Waals surface area contributed by atoms with Gasteiger partial charge in [-0.25, -0.2) is 0 Å². The molecule has 17 heavy (non-hydrogen) atoms. The zero-order valence-electron chi connectivity index (χ0n) is 11.6. The molecule has 1 saturated heterocycles. The van der Waals surface area contributed by atoms with Crippen molar-refractivity contribution < 1.29 is 4.74 Å². The third-order valence-electron chi connectivity index (χ3n) is 4.26. The summed E-state index contributed by atoms with van der Waals surface area (Å²) in [7, 11) is 0. The molecule has 1 aliphatic heterocycles. The predicted molar refractivity (Wildman–Crippen MR) is 71.3 cm³/mol. The quantitative estimate of drug-likeness (QED) is 0.817. The van der Waals surface area contributed by atoms with Crippen molar-refractivity contribution in [2.24, 2.45) is 0 Å². The Morgan fingerprint density at radius 1 is 1.12 bits per heavy atom. The van der Waals surface area contributed by atoms with Crippen LogP contribution in [0.1, 0.15) is 46.5 Å². The monoisotopic (exact) mass is 240 g/mol. The van der Waals surface area contributed by atoms with Crippen LogP contribution in [-0.2, 0) is 4.74 Å². The van der Waals surface area contributed by atoms with Crippen LogP contribution in [0.4, 0.5) is 0 Å². The molecule has 1 saturated carbocycles. The van der Waals surface area contributed by atoms with Gasteiger partial charge in [0.15, 0.2) is 0 Å². The fourth-order valence-corrected chi connectivity index (χ4v) is 3.06. The van der Waals surface area contributed by atoms with Crippen molar-refractivity contribution in [3.63, 3.8) is 0 Å². The molecule has 0 spiro atoms. The van der Waals surface area contributed by atoms with E-state index in [0.29, 0.717) is 18.2 Å². The van der Waals surface area contributed by atoms with Crippen molar-refractivity contribution >= 4 is 0 Å². The van der Waals surface area contributed by atoms with E-state index in [1.807, 2.05) is 0 Å². The summed E-state index contributed by atoms with van der Waals surface area (Å²) in [6, 6.07) is 2.12. The summed E-state index contributed by atoms with van der Waals surface area (Å²) < 4.78 is 5.66. The van der Waals surface area contributed by atoms with Crippen LogP contribution in [0.5, 0.6) is 0 Å². The Balaban J connectivity index is 1.76. The third-order valence-corrected chi connectivity index (χ3v) is 4.26. The highest BCUT2D eigenvalue weighted by Crippen LogP contribution is 2.29.